The summed E-state index contributed by atoms with van der Waals surface area (Å²) in [5.41, 5.74) is 1.06. The Morgan fingerprint density at radius 3 is 2.39 bits per heavy atom. The van der Waals surface area contributed by atoms with E-state index in [-0.39, 0.29) is 17.5 Å². The number of para-hydroxylation sites is 1. The Morgan fingerprint density at radius 2 is 1.83 bits per heavy atom. The third-order valence-electron chi connectivity index (χ3n) is 2.90. The molecule has 2 aromatic rings. The minimum Gasteiger partial charge on any atom is -0.296 e. The average molecular weight is 244 g/mol. The number of rotatable bonds is 3. The maximum atomic E-state index is 12.2. The summed E-state index contributed by atoms with van der Waals surface area (Å²) >= 11 is 0. The van der Waals surface area contributed by atoms with Crippen molar-refractivity contribution < 1.29 is 4.79 Å². The molecule has 1 aromatic heterocycles. The van der Waals surface area contributed by atoms with Crippen LogP contribution in [0.4, 0.5) is 0 Å². The van der Waals surface area contributed by atoms with Crippen molar-refractivity contribution >= 4 is 5.78 Å². The maximum Gasteiger partial charge on any atom is 0.332 e. The highest BCUT2D eigenvalue weighted by atomic mass is 16.2. The van der Waals surface area contributed by atoms with Crippen LogP contribution in [0.2, 0.25) is 0 Å². The molecule has 0 aliphatic heterocycles. The minimum absolute atomic E-state index is 0.0465. The molecule has 0 N–H and O–H groups in total. The Kier molecular flexibility index (Phi) is 3.19. The van der Waals surface area contributed by atoms with E-state index >= 15 is 0 Å². The van der Waals surface area contributed by atoms with E-state index in [1.165, 1.54) is 11.5 Å². The summed E-state index contributed by atoms with van der Waals surface area (Å²) < 4.78 is 3.15. The van der Waals surface area contributed by atoms with Crippen LogP contribution in [0.5, 0.6) is 0 Å². The Morgan fingerprint density at radius 1 is 1.17 bits per heavy atom. The number of ketones is 1. The minimum atomic E-state index is -0.126. The summed E-state index contributed by atoms with van der Waals surface area (Å²) in [6.45, 7) is 5.40. The van der Waals surface area contributed by atoms with Gasteiger partial charge in [0.15, 0.2) is 5.78 Å². The molecule has 0 saturated heterocycles. The highest BCUT2D eigenvalue weighted by Gasteiger charge is 2.12. The molecular weight excluding hydrogens is 228 g/mol. The molecule has 0 aliphatic rings. The Hall–Kier alpha value is -2.10. The van der Waals surface area contributed by atoms with Gasteiger partial charge < -0.3 is 0 Å². The third kappa shape index (κ3) is 2.01. The SMILES string of the molecule is CC(=O)c1ccccc1-n1ccn(C(C)C)c1=O. The Balaban J connectivity index is 2.63. The molecule has 0 unspecified atom stereocenters. The van der Waals surface area contributed by atoms with Crippen LogP contribution >= 0.6 is 0 Å². The number of benzene rings is 1. The number of aromatic nitrogens is 2. The van der Waals surface area contributed by atoms with Gasteiger partial charge in [0.05, 0.1) is 5.69 Å². The first kappa shape index (κ1) is 12.4. The van der Waals surface area contributed by atoms with Crippen LogP contribution in [-0.2, 0) is 0 Å². The lowest BCUT2D eigenvalue weighted by atomic mass is 10.1. The van der Waals surface area contributed by atoms with E-state index < -0.39 is 0 Å². The van der Waals surface area contributed by atoms with Crippen LogP contribution in [0.25, 0.3) is 5.69 Å². The zero-order chi connectivity index (χ0) is 13.3. The molecule has 4 nitrogen and oxygen atoms in total. The van der Waals surface area contributed by atoms with Crippen molar-refractivity contribution in [1.29, 1.82) is 0 Å². The molecule has 18 heavy (non-hydrogen) atoms. The quantitative estimate of drug-likeness (QED) is 0.778. The first-order valence-corrected chi connectivity index (χ1v) is 5.92. The van der Waals surface area contributed by atoms with Gasteiger partial charge in [0, 0.05) is 24.0 Å². The van der Waals surface area contributed by atoms with Crippen molar-refractivity contribution in [2.75, 3.05) is 0 Å². The van der Waals surface area contributed by atoms with Gasteiger partial charge in [-0.1, -0.05) is 12.1 Å². The second-order valence-corrected chi connectivity index (χ2v) is 4.53. The van der Waals surface area contributed by atoms with Crippen LogP contribution in [0.1, 0.15) is 37.2 Å². The number of nitrogens with zero attached hydrogens (tertiary/aromatic N) is 2. The topological polar surface area (TPSA) is 44.0 Å². The van der Waals surface area contributed by atoms with Gasteiger partial charge in [-0.3, -0.25) is 13.9 Å². The molecule has 0 spiro atoms. The number of carbonyl (C=O) groups is 1. The van der Waals surface area contributed by atoms with Gasteiger partial charge in [0.2, 0.25) is 0 Å². The van der Waals surface area contributed by atoms with Gasteiger partial charge in [-0.15, -0.1) is 0 Å². The van der Waals surface area contributed by atoms with Crippen molar-refractivity contribution in [3.63, 3.8) is 0 Å². The predicted molar refractivity (Wildman–Crippen MR) is 70.4 cm³/mol. The van der Waals surface area contributed by atoms with E-state index in [1.807, 2.05) is 19.9 Å². The maximum absolute atomic E-state index is 12.2. The summed E-state index contributed by atoms with van der Waals surface area (Å²) in [6.07, 6.45) is 3.44. The first-order valence-electron chi connectivity index (χ1n) is 5.92. The fourth-order valence-electron chi connectivity index (χ4n) is 1.95. The highest BCUT2D eigenvalue weighted by molar-refractivity contribution is 5.97. The van der Waals surface area contributed by atoms with Crippen LogP contribution in [0, 0.1) is 0 Å². The molecule has 0 atom stereocenters. The zero-order valence-electron chi connectivity index (χ0n) is 10.8. The molecule has 0 fully saturated rings. The molecule has 2 rings (SSSR count). The molecule has 0 amide bonds. The van der Waals surface area contributed by atoms with Gasteiger partial charge in [0.1, 0.15) is 0 Å². The molecule has 94 valence electrons. The smallest absolute Gasteiger partial charge is 0.296 e. The van der Waals surface area contributed by atoms with Crippen molar-refractivity contribution in [1.82, 2.24) is 9.13 Å². The summed E-state index contributed by atoms with van der Waals surface area (Å²) in [5, 5.41) is 0. The van der Waals surface area contributed by atoms with E-state index in [0.29, 0.717) is 11.3 Å². The second kappa shape index (κ2) is 4.64. The number of hydrogen-bond donors (Lipinski definition) is 0. The molecule has 4 heteroatoms. The lowest BCUT2D eigenvalue weighted by molar-refractivity contribution is 0.101. The summed E-state index contributed by atoms with van der Waals surface area (Å²) in [6, 6.07) is 7.23. The predicted octanol–water partition coefficient (Wildman–Crippen LogP) is 2.42. The average Bonchev–Trinajstić information content (AvgIpc) is 2.71. The molecule has 1 heterocycles. The van der Waals surface area contributed by atoms with E-state index in [9.17, 15) is 9.59 Å². The normalized spacial score (nSPS) is 10.9. The number of carbonyl (C=O) groups excluding carboxylic acids is 1. The van der Waals surface area contributed by atoms with Crippen molar-refractivity contribution in [3.8, 4) is 5.69 Å². The fraction of sp³-hybridized carbons (Fsp3) is 0.286. The van der Waals surface area contributed by atoms with Gasteiger partial charge in [-0.05, 0) is 32.9 Å². The molecule has 1 aromatic carbocycles. The van der Waals surface area contributed by atoms with E-state index in [4.69, 9.17) is 0 Å². The lowest BCUT2D eigenvalue weighted by Gasteiger charge is -2.07. The van der Waals surface area contributed by atoms with E-state index in [1.54, 1.807) is 35.2 Å². The second-order valence-electron chi connectivity index (χ2n) is 4.53. The number of Topliss-reactive ketones (excluding diaryl/α,β-unsaturated/α-hetero) is 1. The highest BCUT2D eigenvalue weighted by Crippen LogP contribution is 2.14. The fourth-order valence-corrected chi connectivity index (χ4v) is 1.95. The van der Waals surface area contributed by atoms with E-state index in [2.05, 4.69) is 0 Å². The Labute approximate surface area is 105 Å². The molecule has 0 radical (unpaired) electrons. The van der Waals surface area contributed by atoms with Gasteiger partial charge in [0.25, 0.3) is 0 Å². The van der Waals surface area contributed by atoms with Crippen LogP contribution in [-0.4, -0.2) is 14.9 Å². The lowest BCUT2D eigenvalue weighted by Crippen LogP contribution is -2.25. The van der Waals surface area contributed by atoms with Crippen LogP contribution in [0.15, 0.2) is 41.5 Å². The van der Waals surface area contributed by atoms with Crippen LogP contribution in [0.3, 0.4) is 0 Å². The first-order chi connectivity index (χ1) is 8.52. The monoisotopic (exact) mass is 244 g/mol. The zero-order valence-corrected chi connectivity index (χ0v) is 10.8. The van der Waals surface area contributed by atoms with Crippen molar-refractivity contribution in [2.45, 2.75) is 26.8 Å². The summed E-state index contributed by atoms with van der Waals surface area (Å²) in [5.74, 6) is -0.0465. The van der Waals surface area contributed by atoms with Gasteiger partial charge >= 0.3 is 5.69 Å². The molecule has 0 saturated carbocycles. The van der Waals surface area contributed by atoms with Crippen LogP contribution < -0.4 is 5.69 Å². The van der Waals surface area contributed by atoms with Gasteiger partial charge in [-0.25, -0.2) is 4.79 Å². The largest absolute Gasteiger partial charge is 0.332 e. The van der Waals surface area contributed by atoms with Gasteiger partial charge in [-0.2, -0.15) is 0 Å². The van der Waals surface area contributed by atoms with Crippen molar-refractivity contribution in [3.05, 3.63) is 52.7 Å². The standard InChI is InChI=1S/C14H16N2O2/c1-10(2)15-8-9-16(14(15)18)13-7-5-4-6-12(13)11(3)17/h4-10H,1-3H3. The van der Waals surface area contributed by atoms with Crippen molar-refractivity contribution in [2.24, 2.45) is 0 Å². The molecule has 0 bridgehead atoms. The molecule has 0 aliphatic carbocycles. The Bertz CT molecular complexity index is 635. The molecular formula is C14H16N2O2. The third-order valence-corrected chi connectivity index (χ3v) is 2.90. The summed E-state index contributed by atoms with van der Waals surface area (Å²) in [4.78, 5) is 23.8. The summed E-state index contributed by atoms with van der Waals surface area (Å²) in [7, 11) is 0. The number of hydrogen-bond acceptors (Lipinski definition) is 2. The number of imidazole rings is 1. The van der Waals surface area contributed by atoms with E-state index in [0.717, 1.165) is 0 Å².